The van der Waals surface area contributed by atoms with Crippen LogP contribution in [0, 0.1) is 6.92 Å². The van der Waals surface area contributed by atoms with Crippen molar-refractivity contribution < 1.29 is 8.42 Å². The topological polar surface area (TPSA) is 72.2 Å². The van der Waals surface area contributed by atoms with Gasteiger partial charge in [0.15, 0.2) is 0 Å². The van der Waals surface area contributed by atoms with Crippen molar-refractivity contribution in [3.8, 4) is 0 Å². The Balaban J connectivity index is 2.51. The van der Waals surface area contributed by atoms with Gasteiger partial charge in [-0.2, -0.15) is 0 Å². The van der Waals surface area contributed by atoms with Crippen LogP contribution in [0.1, 0.15) is 5.56 Å². The predicted octanol–water partition coefficient (Wildman–Crippen LogP) is 4.56. The molecule has 0 aliphatic rings. The lowest BCUT2D eigenvalue weighted by Gasteiger charge is -2.14. The van der Waals surface area contributed by atoms with Gasteiger partial charge >= 0.3 is 0 Å². The number of nitrogen functional groups attached to an aromatic ring is 1. The summed E-state index contributed by atoms with van der Waals surface area (Å²) in [5, 5.41) is 0.237. The SMILES string of the molecule is Cc1cc(Br)c(S(=O)(=O)Nc2c(N)cccc2Cl)cc1Br. The van der Waals surface area contributed by atoms with E-state index in [1.165, 1.54) is 6.07 Å². The van der Waals surface area contributed by atoms with Crippen LogP contribution >= 0.6 is 43.5 Å². The molecule has 0 radical (unpaired) electrons. The zero-order chi connectivity index (χ0) is 15.8. The third-order valence-corrected chi connectivity index (χ3v) is 6.26. The number of rotatable bonds is 3. The number of hydrogen-bond donors (Lipinski definition) is 2. The molecule has 0 spiro atoms. The van der Waals surface area contributed by atoms with E-state index in [2.05, 4.69) is 36.6 Å². The highest BCUT2D eigenvalue weighted by Gasteiger charge is 2.21. The normalized spacial score (nSPS) is 11.4. The first-order valence-corrected chi connectivity index (χ1v) is 9.19. The number of anilines is 2. The van der Waals surface area contributed by atoms with Crippen molar-refractivity contribution in [2.75, 3.05) is 10.5 Å². The van der Waals surface area contributed by atoms with Crippen LogP contribution in [0.3, 0.4) is 0 Å². The fraction of sp³-hybridized carbons (Fsp3) is 0.0769. The van der Waals surface area contributed by atoms with Crippen LogP contribution in [0.15, 0.2) is 44.2 Å². The molecular formula is C13H11Br2ClN2O2S. The minimum atomic E-state index is -3.82. The van der Waals surface area contributed by atoms with Crippen molar-refractivity contribution in [1.29, 1.82) is 0 Å². The number of halogens is 3. The Morgan fingerprint density at radius 2 is 1.86 bits per heavy atom. The van der Waals surface area contributed by atoms with Crippen LogP contribution < -0.4 is 10.5 Å². The number of para-hydroxylation sites is 1. The molecule has 0 fully saturated rings. The number of sulfonamides is 1. The summed E-state index contributed by atoms with van der Waals surface area (Å²) >= 11 is 12.6. The molecule has 0 aliphatic carbocycles. The van der Waals surface area contributed by atoms with E-state index < -0.39 is 10.0 Å². The summed E-state index contributed by atoms with van der Waals surface area (Å²) in [5.41, 5.74) is 7.11. The summed E-state index contributed by atoms with van der Waals surface area (Å²) in [4.78, 5) is 0.0966. The Hall–Kier alpha value is -0.760. The Labute approximate surface area is 145 Å². The van der Waals surface area contributed by atoms with E-state index in [0.29, 0.717) is 8.95 Å². The largest absolute Gasteiger partial charge is 0.397 e. The summed E-state index contributed by atoms with van der Waals surface area (Å²) in [6, 6.07) is 8.02. The molecule has 0 aliphatic heterocycles. The molecule has 2 aromatic carbocycles. The zero-order valence-corrected chi connectivity index (χ0v) is 15.6. The second-order valence-corrected chi connectivity index (χ2v) is 8.11. The average Bonchev–Trinajstić information content (AvgIpc) is 2.38. The van der Waals surface area contributed by atoms with Gasteiger partial charge in [0.1, 0.15) is 4.90 Å². The Morgan fingerprint density at radius 1 is 1.19 bits per heavy atom. The van der Waals surface area contributed by atoms with E-state index in [1.807, 2.05) is 6.92 Å². The van der Waals surface area contributed by atoms with Crippen LogP contribution in [-0.2, 0) is 10.0 Å². The maximum atomic E-state index is 12.5. The predicted molar refractivity (Wildman–Crippen MR) is 93.3 cm³/mol. The molecule has 0 saturated carbocycles. The van der Waals surface area contributed by atoms with E-state index in [9.17, 15) is 8.42 Å². The van der Waals surface area contributed by atoms with Gasteiger partial charge in [-0.25, -0.2) is 8.42 Å². The smallest absolute Gasteiger partial charge is 0.263 e. The first-order chi connectivity index (χ1) is 9.72. The number of nitrogens with one attached hydrogen (secondary N) is 1. The van der Waals surface area contributed by atoms with Gasteiger partial charge in [-0.3, -0.25) is 4.72 Å². The van der Waals surface area contributed by atoms with Crippen molar-refractivity contribution in [1.82, 2.24) is 0 Å². The van der Waals surface area contributed by atoms with E-state index in [1.54, 1.807) is 24.3 Å². The van der Waals surface area contributed by atoms with Crippen molar-refractivity contribution >= 4 is 64.9 Å². The molecule has 0 heterocycles. The summed E-state index contributed by atoms with van der Waals surface area (Å²) in [6.45, 7) is 1.87. The highest BCUT2D eigenvalue weighted by Crippen LogP contribution is 2.33. The second-order valence-electron chi connectivity index (χ2n) is 4.34. The van der Waals surface area contributed by atoms with Crippen LogP contribution in [0.2, 0.25) is 5.02 Å². The number of benzene rings is 2. The molecule has 112 valence electrons. The van der Waals surface area contributed by atoms with Crippen LogP contribution in [-0.4, -0.2) is 8.42 Å². The molecule has 8 heteroatoms. The van der Waals surface area contributed by atoms with Crippen molar-refractivity contribution in [3.05, 3.63) is 49.9 Å². The fourth-order valence-corrected chi connectivity index (χ4v) is 4.74. The summed E-state index contributed by atoms with van der Waals surface area (Å²) < 4.78 is 28.6. The minimum absolute atomic E-state index is 0.0966. The Kier molecular flexibility index (Phi) is 4.87. The van der Waals surface area contributed by atoms with E-state index in [0.717, 1.165) is 5.56 Å². The minimum Gasteiger partial charge on any atom is -0.397 e. The van der Waals surface area contributed by atoms with Crippen molar-refractivity contribution in [2.45, 2.75) is 11.8 Å². The first-order valence-electron chi connectivity index (χ1n) is 5.75. The maximum absolute atomic E-state index is 12.5. The Morgan fingerprint density at radius 3 is 2.48 bits per heavy atom. The van der Waals surface area contributed by atoms with Gasteiger partial charge in [-0.1, -0.05) is 33.6 Å². The third-order valence-electron chi connectivity index (χ3n) is 2.78. The molecular weight excluding hydrogens is 443 g/mol. The maximum Gasteiger partial charge on any atom is 0.263 e. The average molecular weight is 455 g/mol. The van der Waals surface area contributed by atoms with Gasteiger partial charge in [0, 0.05) is 8.95 Å². The van der Waals surface area contributed by atoms with E-state index in [4.69, 9.17) is 17.3 Å². The molecule has 3 N–H and O–H groups in total. The summed E-state index contributed by atoms with van der Waals surface area (Å²) in [5.74, 6) is 0. The van der Waals surface area contributed by atoms with Gasteiger partial charge in [0.25, 0.3) is 10.0 Å². The molecule has 0 unspecified atom stereocenters. The zero-order valence-electron chi connectivity index (χ0n) is 10.8. The summed E-state index contributed by atoms with van der Waals surface area (Å²) in [6.07, 6.45) is 0. The molecule has 0 bridgehead atoms. The number of hydrogen-bond acceptors (Lipinski definition) is 3. The lowest BCUT2D eigenvalue weighted by molar-refractivity contribution is 0.600. The molecule has 0 atom stereocenters. The van der Waals surface area contributed by atoms with Crippen LogP contribution in [0.25, 0.3) is 0 Å². The lowest BCUT2D eigenvalue weighted by Crippen LogP contribution is -2.15. The molecule has 2 rings (SSSR count). The van der Waals surface area contributed by atoms with Gasteiger partial charge in [0.2, 0.25) is 0 Å². The van der Waals surface area contributed by atoms with Gasteiger partial charge in [-0.15, -0.1) is 0 Å². The van der Waals surface area contributed by atoms with Crippen LogP contribution in [0.4, 0.5) is 11.4 Å². The highest BCUT2D eigenvalue weighted by molar-refractivity contribution is 9.11. The third kappa shape index (κ3) is 3.53. The second kappa shape index (κ2) is 6.16. The lowest BCUT2D eigenvalue weighted by atomic mass is 10.2. The summed E-state index contributed by atoms with van der Waals surface area (Å²) in [7, 11) is -3.82. The first kappa shape index (κ1) is 16.6. The van der Waals surface area contributed by atoms with Gasteiger partial charge in [-0.05, 0) is 52.7 Å². The standard InChI is InChI=1S/C13H11Br2ClN2O2S/c1-7-5-9(15)12(6-8(7)14)21(19,20)18-13-10(16)3-2-4-11(13)17/h2-6,18H,17H2,1H3. The fourth-order valence-electron chi connectivity index (χ4n) is 1.67. The molecule has 2 aromatic rings. The highest BCUT2D eigenvalue weighted by atomic mass is 79.9. The molecule has 0 aromatic heterocycles. The Bertz CT molecular complexity index is 790. The van der Waals surface area contributed by atoms with E-state index >= 15 is 0 Å². The quantitative estimate of drug-likeness (QED) is 0.668. The molecule has 21 heavy (non-hydrogen) atoms. The molecule has 0 saturated heterocycles. The van der Waals surface area contributed by atoms with Gasteiger partial charge in [0.05, 0.1) is 16.4 Å². The van der Waals surface area contributed by atoms with Crippen molar-refractivity contribution in [2.24, 2.45) is 0 Å². The van der Waals surface area contributed by atoms with Crippen molar-refractivity contribution in [3.63, 3.8) is 0 Å². The number of nitrogens with two attached hydrogens (primary N) is 1. The van der Waals surface area contributed by atoms with Gasteiger partial charge < -0.3 is 5.73 Å². The monoisotopic (exact) mass is 452 g/mol. The van der Waals surface area contributed by atoms with E-state index in [-0.39, 0.29) is 21.3 Å². The van der Waals surface area contributed by atoms with Crippen LogP contribution in [0.5, 0.6) is 0 Å². The molecule has 0 amide bonds. The number of aryl methyl sites for hydroxylation is 1. The molecule has 4 nitrogen and oxygen atoms in total.